The van der Waals surface area contributed by atoms with Crippen molar-refractivity contribution < 1.29 is 4.79 Å². The van der Waals surface area contributed by atoms with Gasteiger partial charge in [-0.2, -0.15) is 0 Å². The van der Waals surface area contributed by atoms with Crippen molar-refractivity contribution in [3.05, 3.63) is 69.2 Å². The maximum Gasteiger partial charge on any atom is 0.262 e. The Morgan fingerprint density at radius 3 is 2.60 bits per heavy atom. The number of fused-ring (bicyclic) bond motifs is 1. The molecule has 0 aliphatic rings. The minimum Gasteiger partial charge on any atom is -0.365 e. The Balaban J connectivity index is 2.24. The molecule has 0 unspecified atom stereocenters. The Morgan fingerprint density at radius 2 is 1.96 bits per heavy atom. The molecule has 3 N–H and O–H groups in total. The van der Waals surface area contributed by atoms with Crippen LogP contribution in [0.25, 0.3) is 11.0 Å². The van der Waals surface area contributed by atoms with Gasteiger partial charge in [0.15, 0.2) is 0 Å². The summed E-state index contributed by atoms with van der Waals surface area (Å²) in [6, 6.07) is 11.2. The number of nitrogens with two attached hydrogens (primary N) is 1. The molecular weight excluding hydrogens is 318 g/mol. The van der Waals surface area contributed by atoms with Gasteiger partial charge in [0.2, 0.25) is 0 Å². The molecular formula is C18H19N5O2. The van der Waals surface area contributed by atoms with Crippen LogP contribution in [0.1, 0.15) is 21.7 Å². The van der Waals surface area contributed by atoms with E-state index in [0.717, 1.165) is 5.56 Å². The zero-order valence-electron chi connectivity index (χ0n) is 14.1. The average molecular weight is 337 g/mol. The average Bonchev–Trinajstić information content (AvgIpc) is 2.59. The van der Waals surface area contributed by atoms with Crippen LogP contribution in [-0.2, 0) is 20.0 Å². The first-order chi connectivity index (χ1) is 11.9. The van der Waals surface area contributed by atoms with Crippen molar-refractivity contribution in [3.8, 4) is 0 Å². The summed E-state index contributed by atoms with van der Waals surface area (Å²) in [5.74, 6) is -0.194. The third-order valence-corrected chi connectivity index (χ3v) is 4.33. The minimum absolute atomic E-state index is 0.0170. The predicted octanol–water partition coefficient (Wildman–Crippen LogP) is 0.864. The first-order valence-corrected chi connectivity index (χ1v) is 7.89. The maximum atomic E-state index is 12.6. The second kappa shape index (κ2) is 6.35. The van der Waals surface area contributed by atoms with Gasteiger partial charge in [-0.15, -0.1) is 0 Å². The predicted molar refractivity (Wildman–Crippen MR) is 94.2 cm³/mol. The number of hydrogen-bond donors (Lipinski definition) is 2. The molecule has 0 aliphatic heterocycles. The lowest BCUT2D eigenvalue weighted by atomic mass is 10.1. The lowest BCUT2D eigenvalue weighted by Crippen LogP contribution is -2.33. The van der Waals surface area contributed by atoms with Gasteiger partial charge in [-0.25, -0.2) is 4.98 Å². The van der Waals surface area contributed by atoms with Crippen molar-refractivity contribution in [2.75, 3.05) is 0 Å². The molecule has 3 aromatic rings. The van der Waals surface area contributed by atoms with E-state index in [1.165, 1.54) is 10.6 Å². The molecule has 0 fully saturated rings. The number of amides is 1. The fourth-order valence-electron chi connectivity index (χ4n) is 2.80. The van der Waals surface area contributed by atoms with Gasteiger partial charge in [-0.05, 0) is 25.0 Å². The van der Waals surface area contributed by atoms with Crippen molar-refractivity contribution in [1.82, 2.24) is 14.1 Å². The second-order valence-corrected chi connectivity index (χ2v) is 5.92. The van der Waals surface area contributed by atoms with Crippen LogP contribution in [0.15, 0.2) is 41.2 Å². The molecule has 0 radical (unpaired) electrons. The van der Waals surface area contributed by atoms with Crippen LogP contribution in [0.3, 0.4) is 0 Å². The lowest BCUT2D eigenvalue weighted by Gasteiger charge is -2.14. The second-order valence-electron chi connectivity index (χ2n) is 5.92. The number of aromatic nitrogens is 3. The zero-order valence-corrected chi connectivity index (χ0v) is 14.1. The molecule has 1 aromatic carbocycles. The molecule has 1 amide bonds. The number of nitrogens with zero attached hydrogens (tertiary/aromatic N) is 3. The molecule has 0 bridgehead atoms. The van der Waals surface area contributed by atoms with Gasteiger partial charge in [-0.1, -0.05) is 30.3 Å². The molecule has 7 heteroatoms. The van der Waals surface area contributed by atoms with Gasteiger partial charge in [0.05, 0.1) is 10.9 Å². The normalized spacial score (nSPS) is 11.0. The van der Waals surface area contributed by atoms with Crippen LogP contribution in [0.4, 0.5) is 0 Å². The Labute approximate surface area is 143 Å². The molecule has 3 rings (SSSR count). The number of aryl methyl sites for hydroxylation is 3. The standard InChI is InChI=1S/C18H19N5O2/c1-11-21-17-14(18(25)22(11)2)10-13(16(20)24)15(19)23(17)9-8-12-6-4-3-5-7-12/h3-7,10,19H,8-9H2,1-2H3,(H2,20,24). The van der Waals surface area contributed by atoms with Crippen LogP contribution >= 0.6 is 0 Å². The van der Waals surface area contributed by atoms with E-state index in [1.54, 1.807) is 18.5 Å². The SMILES string of the molecule is Cc1nc2c(cc(C(N)=O)c(=N)n2CCc2ccccc2)c(=O)n1C. The Bertz CT molecular complexity index is 1080. The molecule has 0 saturated carbocycles. The van der Waals surface area contributed by atoms with E-state index in [4.69, 9.17) is 11.1 Å². The number of primary amides is 1. The topological polar surface area (TPSA) is 107 Å². The number of carbonyl (C=O) groups is 1. The van der Waals surface area contributed by atoms with Gasteiger partial charge in [0.1, 0.15) is 17.0 Å². The highest BCUT2D eigenvalue weighted by Crippen LogP contribution is 2.10. The van der Waals surface area contributed by atoms with Gasteiger partial charge < -0.3 is 10.3 Å². The summed E-state index contributed by atoms with van der Waals surface area (Å²) in [7, 11) is 1.62. The highest BCUT2D eigenvalue weighted by molar-refractivity contribution is 5.95. The quantitative estimate of drug-likeness (QED) is 0.737. The molecule has 7 nitrogen and oxygen atoms in total. The number of hydrogen-bond acceptors (Lipinski definition) is 4. The Hall–Kier alpha value is -3.22. The highest BCUT2D eigenvalue weighted by Gasteiger charge is 2.15. The van der Waals surface area contributed by atoms with Gasteiger partial charge in [0.25, 0.3) is 11.5 Å². The number of rotatable bonds is 4. The van der Waals surface area contributed by atoms with Crippen LogP contribution in [-0.4, -0.2) is 20.0 Å². The Kier molecular flexibility index (Phi) is 4.22. The first-order valence-electron chi connectivity index (χ1n) is 7.89. The summed E-state index contributed by atoms with van der Waals surface area (Å²) in [6.07, 6.45) is 0.643. The van der Waals surface area contributed by atoms with Crippen molar-refractivity contribution in [2.45, 2.75) is 19.9 Å². The van der Waals surface area contributed by atoms with Crippen molar-refractivity contribution in [3.63, 3.8) is 0 Å². The van der Waals surface area contributed by atoms with Gasteiger partial charge in [-0.3, -0.25) is 19.6 Å². The molecule has 2 aromatic heterocycles. The number of benzene rings is 1. The fraction of sp³-hybridized carbons (Fsp3) is 0.222. The van der Waals surface area contributed by atoms with Crippen LogP contribution < -0.4 is 16.8 Å². The van der Waals surface area contributed by atoms with Gasteiger partial charge in [0, 0.05) is 13.6 Å². The summed E-state index contributed by atoms with van der Waals surface area (Å²) in [5, 5.41) is 8.62. The van der Waals surface area contributed by atoms with E-state index >= 15 is 0 Å². The number of nitrogens with one attached hydrogen (secondary N) is 1. The van der Waals surface area contributed by atoms with Crippen molar-refractivity contribution in [1.29, 1.82) is 5.41 Å². The van der Waals surface area contributed by atoms with Gasteiger partial charge >= 0.3 is 0 Å². The van der Waals surface area contributed by atoms with E-state index in [0.29, 0.717) is 24.4 Å². The monoisotopic (exact) mass is 337 g/mol. The summed E-state index contributed by atoms with van der Waals surface area (Å²) in [4.78, 5) is 28.7. The maximum absolute atomic E-state index is 12.6. The largest absolute Gasteiger partial charge is 0.365 e. The van der Waals surface area contributed by atoms with E-state index in [2.05, 4.69) is 4.98 Å². The van der Waals surface area contributed by atoms with E-state index < -0.39 is 5.91 Å². The van der Waals surface area contributed by atoms with Crippen molar-refractivity contribution >= 4 is 16.9 Å². The molecule has 0 saturated heterocycles. The van der Waals surface area contributed by atoms with E-state index in [-0.39, 0.29) is 22.0 Å². The zero-order chi connectivity index (χ0) is 18.1. The molecule has 0 aliphatic carbocycles. The first kappa shape index (κ1) is 16.6. The summed E-state index contributed by atoms with van der Waals surface area (Å²) in [6.45, 7) is 2.15. The molecule has 25 heavy (non-hydrogen) atoms. The van der Waals surface area contributed by atoms with Crippen molar-refractivity contribution in [2.24, 2.45) is 12.8 Å². The fourth-order valence-corrected chi connectivity index (χ4v) is 2.80. The number of carbonyl (C=O) groups excluding carboxylic acids is 1. The number of pyridine rings is 1. The third kappa shape index (κ3) is 2.96. The summed E-state index contributed by atoms with van der Waals surface area (Å²) < 4.78 is 3.00. The van der Waals surface area contributed by atoms with Crippen LogP contribution in [0, 0.1) is 12.3 Å². The summed E-state index contributed by atoms with van der Waals surface area (Å²) in [5.41, 5.74) is 6.60. The smallest absolute Gasteiger partial charge is 0.262 e. The van der Waals surface area contributed by atoms with E-state index in [9.17, 15) is 9.59 Å². The van der Waals surface area contributed by atoms with Crippen LogP contribution in [0.5, 0.6) is 0 Å². The Morgan fingerprint density at radius 1 is 1.28 bits per heavy atom. The molecule has 0 atom stereocenters. The third-order valence-electron chi connectivity index (χ3n) is 4.33. The van der Waals surface area contributed by atoms with Crippen LogP contribution in [0.2, 0.25) is 0 Å². The minimum atomic E-state index is -0.733. The highest BCUT2D eigenvalue weighted by atomic mass is 16.1. The van der Waals surface area contributed by atoms with E-state index in [1.807, 2.05) is 30.3 Å². The summed E-state index contributed by atoms with van der Waals surface area (Å²) >= 11 is 0. The molecule has 0 spiro atoms. The molecule has 128 valence electrons. The lowest BCUT2D eigenvalue weighted by molar-refractivity contribution is 0.0998. The molecule has 2 heterocycles.